The molecule has 0 atom stereocenters. The van der Waals surface area contributed by atoms with E-state index in [9.17, 15) is 4.79 Å². The zero-order valence-electron chi connectivity index (χ0n) is 12.4. The molecule has 0 fully saturated rings. The van der Waals surface area contributed by atoms with Gasteiger partial charge in [0.25, 0.3) is 0 Å². The molecule has 0 unspecified atom stereocenters. The Morgan fingerprint density at radius 1 is 1.29 bits per heavy atom. The van der Waals surface area contributed by atoms with Gasteiger partial charge in [0.2, 0.25) is 5.78 Å². The first-order valence-corrected chi connectivity index (χ1v) is 6.87. The summed E-state index contributed by atoms with van der Waals surface area (Å²) in [6.45, 7) is 3.87. The van der Waals surface area contributed by atoms with Crippen LogP contribution in [0, 0.1) is 0 Å². The topological polar surface area (TPSA) is 53.3 Å². The predicted octanol–water partition coefficient (Wildman–Crippen LogP) is 3.37. The Bertz CT molecular complexity index is 665. The molecule has 0 aliphatic heterocycles. The summed E-state index contributed by atoms with van der Waals surface area (Å²) in [5.74, 6) is 0.824. The van der Waals surface area contributed by atoms with Gasteiger partial charge in [0, 0.05) is 12.1 Å². The van der Waals surface area contributed by atoms with Crippen LogP contribution in [0.3, 0.4) is 0 Å². The number of carbonyl (C=O) groups excluding carboxylic acids is 1. The van der Waals surface area contributed by atoms with Crippen molar-refractivity contribution in [1.29, 1.82) is 0 Å². The number of aromatic nitrogens is 2. The van der Waals surface area contributed by atoms with Gasteiger partial charge < -0.3 is 9.47 Å². The number of halogens is 1. The van der Waals surface area contributed by atoms with Gasteiger partial charge in [-0.1, -0.05) is 11.6 Å². The molecule has 0 saturated carbocycles. The van der Waals surface area contributed by atoms with E-state index in [-0.39, 0.29) is 11.8 Å². The lowest BCUT2D eigenvalue weighted by atomic mass is 10.1. The first-order valence-electron chi connectivity index (χ1n) is 6.49. The number of ketones is 1. The molecule has 2 aromatic rings. The van der Waals surface area contributed by atoms with Crippen LogP contribution in [-0.4, -0.2) is 29.8 Å². The molecule has 0 amide bonds. The van der Waals surface area contributed by atoms with Crippen LogP contribution in [0.1, 0.15) is 35.9 Å². The highest BCUT2D eigenvalue weighted by molar-refractivity contribution is 6.34. The first-order chi connectivity index (χ1) is 9.99. The molecule has 21 heavy (non-hydrogen) atoms. The van der Waals surface area contributed by atoms with Gasteiger partial charge in [-0.2, -0.15) is 5.10 Å². The molecule has 0 aliphatic rings. The molecule has 1 aromatic heterocycles. The van der Waals surface area contributed by atoms with Gasteiger partial charge >= 0.3 is 0 Å². The fraction of sp³-hybridized carbons (Fsp3) is 0.333. The van der Waals surface area contributed by atoms with E-state index in [0.717, 1.165) is 0 Å². The van der Waals surface area contributed by atoms with Gasteiger partial charge in [-0.15, -0.1) is 0 Å². The maximum atomic E-state index is 12.8. The van der Waals surface area contributed by atoms with E-state index >= 15 is 0 Å². The van der Waals surface area contributed by atoms with E-state index in [0.29, 0.717) is 27.8 Å². The summed E-state index contributed by atoms with van der Waals surface area (Å²) in [5, 5.41) is 4.47. The highest BCUT2D eigenvalue weighted by atomic mass is 35.5. The minimum absolute atomic E-state index is 0.0284. The van der Waals surface area contributed by atoms with Crippen LogP contribution in [0.2, 0.25) is 5.02 Å². The number of benzene rings is 1. The minimum atomic E-state index is -0.231. The van der Waals surface area contributed by atoms with Gasteiger partial charge in [0.1, 0.15) is 17.2 Å². The number of carbonyl (C=O) groups is 1. The van der Waals surface area contributed by atoms with E-state index in [2.05, 4.69) is 5.10 Å². The number of hydrogen-bond donors (Lipinski definition) is 0. The van der Waals surface area contributed by atoms with Crippen molar-refractivity contribution >= 4 is 17.4 Å². The van der Waals surface area contributed by atoms with Gasteiger partial charge in [0.05, 0.1) is 31.0 Å². The minimum Gasteiger partial charge on any atom is -0.497 e. The van der Waals surface area contributed by atoms with Crippen LogP contribution < -0.4 is 9.47 Å². The van der Waals surface area contributed by atoms with Gasteiger partial charge in [-0.25, -0.2) is 0 Å². The number of hydrogen-bond acceptors (Lipinski definition) is 4. The van der Waals surface area contributed by atoms with Crippen LogP contribution in [0.15, 0.2) is 24.4 Å². The third-order valence-corrected chi connectivity index (χ3v) is 3.38. The summed E-state index contributed by atoms with van der Waals surface area (Å²) in [6.07, 6.45) is 1.48. The normalized spacial score (nSPS) is 10.8. The maximum absolute atomic E-state index is 12.8. The smallest absolute Gasteiger partial charge is 0.216 e. The quantitative estimate of drug-likeness (QED) is 0.795. The Morgan fingerprint density at radius 2 is 2.00 bits per heavy atom. The maximum Gasteiger partial charge on any atom is 0.216 e. The molecule has 0 bridgehead atoms. The molecular formula is C15H17ClN2O3. The van der Waals surface area contributed by atoms with Gasteiger partial charge in [0.15, 0.2) is 0 Å². The van der Waals surface area contributed by atoms with Crippen molar-refractivity contribution in [2.75, 3.05) is 14.2 Å². The number of ether oxygens (including phenoxy) is 2. The summed E-state index contributed by atoms with van der Waals surface area (Å²) < 4.78 is 12.0. The molecule has 2 rings (SSSR count). The van der Waals surface area contributed by atoms with Crippen LogP contribution in [0.4, 0.5) is 0 Å². The monoisotopic (exact) mass is 308 g/mol. The Hall–Kier alpha value is -2.01. The van der Waals surface area contributed by atoms with Gasteiger partial charge in [-0.05, 0) is 26.0 Å². The lowest BCUT2D eigenvalue weighted by Crippen LogP contribution is -2.14. The molecule has 6 heteroatoms. The summed E-state index contributed by atoms with van der Waals surface area (Å²) in [7, 11) is 3.06. The first kappa shape index (κ1) is 15.4. The average Bonchev–Trinajstić information content (AvgIpc) is 2.87. The summed E-state index contributed by atoms with van der Waals surface area (Å²) in [6, 6.07) is 5.06. The van der Waals surface area contributed by atoms with Crippen LogP contribution >= 0.6 is 11.6 Å². The van der Waals surface area contributed by atoms with E-state index < -0.39 is 0 Å². The zero-order valence-corrected chi connectivity index (χ0v) is 13.1. The van der Waals surface area contributed by atoms with Crippen molar-refractivity contribution in [2.24, 2.45) is 0 Å². The Morgan fingerprint density at radius 3 is 2.57 bits per heavy atom. The molecule has 112 valence electrons. The highest BCUT2D eigenvalue weighted by Gasteiger charge is 2.23. The molecule has 0 radical (unpaired) electrons. The van der Waals surface area contributed by atoms with Crippen molar-refractivity contribution in [3.63, 3.8) is 0 Å². The van der Waals surface area contributed by atoms with Crippen molar-refractivity contribution < 1.29 is 14.3 Å². The molecule has 0 spiro atoms. The second kappa shape index (κ2) is 6.18. The molecular weight excluding hydrogens is 292 g/mol. The number of nitrogens with zero attached hydrogens (tertiary/aromatic N) is 2. The van der Waals surface area contributed by atoms with Crippen LogP contribution in [-0.2, 0) is 0 Å². The Balaban J connectivity index is 2.52. The fourth-order valence-corrected chi connectivity index (χ4v) is 2.27. The van der Waals surface area contributed by atoms with E-state index in [4.69, 9.17) is 21.1 Å². The molecule has 1 aromatic carbocycles. The zero-order chi connectivity index (χ0) is 15.6. The summed E-state index contributed by atoms with van der Waals surface area (Å²) in [4.78, 5) is 12.8. The summed E-state index contributed by atoms with van der Waals surface area (Å²) in [5.41, 5.74) is 0.776. The van der Waals surface area contributed by atoms with Crippen molar-refractivity contribution in [3.05, 3.63) is 40.7 Å². The second-order valence-electron chi connectivity index (χ2n) is 4.77. The highest BCUT2D eigenvalue weighted by Crippen LogP contribution is 2.29. The summed E-state index contributed by atoms with van der Waals surface area (Å²) >= 11 is 6.12. The van der Waals surface area contributed by atoms with E-state index in [1.165, 1.54) is 13.3 Å². The van der Waals surface area contributed by atoms with Crippen LogP contribution in [0.5, 0.6) is 11.5 Å². The number of methoxy groups -OCH3 is 2. The van der Waals surface area contributed by atoms with Crippen molar-refractivity contribution in [2.45, 2.75) is 19.9 Å². The fourth-order valence-electron chi connectivity index (χ4n) is 2.06. The Labute approximate surface area is 128 Å². The van der Waals surface area contributed by atoms with Crippen molar-refractivity contribution in [1.82, 2.24) is 9.78 Å². The third-order valence-electron chi connectivity index (χ3n) is 3.11. The van der Waals surface area contributed by atoms with E-state index in [1.54, 1.807) is 30.0 Å². The van der Waals surface area contributed by atoms with Crippen LogP contribution in [0.25, 0.3) is 0 Å². The number of rotatable bonds is 5. The van der Waals surface area contributed by atoms with E-state index in [1.807, 2.05) is 13.8 Å². The molecule has 0 aliphatic carbocycles. The lowest BCUT2D eigenvalue weighted by molar-refractivity contribution is 0.102. The Kier molecular flexibility index (Phi) is 4.53. The van der Waals surface area contributed by atoms with Gasteiger partial charge in [-0.3, -0.25) is 9.48 Å². The molecule has 1 heterocycles. The molecule has 0 saturated heterocycles. The third kappa shape index (κ3) is 2.88. The average molecular weight is 309 g/mol. The molecule has 5 nitrogen and oxygen atoms in total. The second-order valence-corrected chi connectivity index (χ2v) is 5.18. The van der Waals surface area contributed by atoms with Crippen molar-refractivity contribution in [3.8, 4) is 11.5 Å². The lowest BCUT2D eigenvalue weighted by Gasteiger charge is -2.13. The standard InChI is InChI=1S/C15H17ClN2O3/c1-9(2)18-14(12(16)8-17-18)15(19)11-6-5-10(20-3)7-13(11)21-4/h5-9H,1-4H3. The largest absolute Gasteiger partial charge is 0.497 e. The predicted molar refractivity (Wildman–Crippen MR) is 80.6 cm³/mol. The SMILES string of the molecule is COc1ccc(C(=O)c2c(Cl)cnn2C(C)C)c(OC)c1. The molecule has 0 N–H and O–H groups in total.